The molecule has 0 radical (unpaired) electrons. The van der Waals surface area contributed by atoms with Crippen molar-refractivity contribution in [3.8, 4) is 0 Å². The molecular formula is C11H12Cl4. The summed E-state index contributed by atoms with van der Waals surface area (Å²) in [5, 5.41) is -0.268. The Hall–Kier alpha value is 0.380. The summed E-state index contributed by atoms with van der Waals surface area (Å²) >= 11 is 23.3. The first-order chi connectivity index (χ1) is 6.78. The van der Waals surface area contributed by atoms with Crippen LogP contribution in [0.4, 0.5) is 0 Å². The van der Waals surface area contributed by atoms with Crippen LogP contribution in [-0.4, -0.2) is 3.79 Å². The van der Waals surface area contributed by atoms with Gasteiger partial charge in [0.15, 0.2) is 3.79 Å². The number of hydrogen-bond donors (Lipinski definition) is 0. The van der Waals surface area contributed by atoms with E-state index in [1.54, 1.807) is 0 Å². The monoisotopic (exact) mass is 284 g/mol. The molecule has 1 aromatic rings. The molecule has 0 saturated carbocycles. The highest BCUT2D eigenvalue weighted by molar-refractivity contribution is 6.67. The number of halogens is 4. The van der Waals surface area contributed by atoms with Crippen LogP contribution in [0.2, 0.25) is 0 Å². The van der Waals surface area contributed by atoms with E-state index in [0.29, 0.717) is 6.42 Å². The zero-order valence-corrected chi connectivity index (χ0v) is 11.6. The lowest BCUT2D eigenvalue weighted by molar-refractivity contribution is 0.819. The molecule has 0 bridgehead atoms. The second-order valence-electron chi connectivity index (χ2n) is 3.71. The van der Waals surface area contributed by atoms with Crippen LogP contribution < -0.4 is 0 Å². The fourth-order valence-corrected chi connectivity index (χ4v) is 2.57. The van der Waals surface area contributed by atoms with Gasteiger partial charge in [-0.15, -0.1) is 11.6 Å². The van der Waals surface area contributed by atoms with E-state index in [1.165, 1.54) is 11.1 Å². The van der Waals surface area contributed by atoms with E-state index in [9.17, 15) is 0 Å². The van der Waals surface area contributed by atoms with Gasteiger partial charge in [-0.3, -0.25) is 0 Å². The molecule has 0 fully saturated rings. The molecule has 0 aliphatic rings. The van der Waals surface area contributed by atoms with Crippen molar-refractivity contribution in [2.24, 2.45) is 0 Å². The third-order valence-electron chi connectivity index (χ3n) is 2.02. The molecule has 0 heterocycles. The van der Waals surface area contributed by atoms with Crippen LogP contribution in [0.25, 0.3) is 0 Å². The molecule has 0 saturated heterocycles. The Morgan fingerprint density at radius 3 is 1.93 bits per heavy atom. The summed E-state index contributed by atoms with van der Waals surface area (Å²) in [5.41, 5.74) is 3.33. The van der Waals surface area contributed by atoms with Gasteiger partial charge in [0.25, 0.3) is 0 Å². The van der Waals surface area contributed by atoms with Gasteiger partial charge in [-0.2, -0.15) is 0 Å². The van der Waals surface area contributed by atoms with Gasteiger partial charge < -0.3 is 0 Å². The van der Waals surface area contributed by atoms with Gasteiger partial charge in [0, 0.05) is 6.42 Å². The van der Waals surface area contributed by atoms with Crippen molar-refractivity contribution in [3.05, 3.63) is 34.9 Å². The average molecular weight is 286 g/mol. The van der Waals surface area contributed by atoms with Crippen LogP contribution in [0.5, 0.6) is 0 Å². The number of aryl methyl sites for hydroxylation is 2. The predicted molar refractivity (Wildman–Crippen MR) is 69.4 cm³/mol. The molecule has 1 rings (SSSR count). The summed E-state index contributed by atoms with van der Waals surface area (Å²) < 4.78 is -1.30. The predicted octanol–water partition coefficient (Wildman–Crippen LogP) is 5.34. The normalized spacial score (nSPS) is 14.0. The van der Waals surface area contributed by atoms with Gasteiger partial charge in [0.05, 0.1) is 5.38 Å². The highest BCUT2D eigenvalue weighted by Gasteiger charge is 2.25. The van der Waals surface area contributed by atoms with Crippen LogP contribution in [0.1, 0.15) is 28.5 Å². The second kappa shape index (κ2) is 5.14. The maximum absolute atomic E-state index is 6.18. The van der Waals surface area contributed by atoms with Crippen molar-refractivity contribution in [2.45, 2.75) is 29.4 Å². The van der Waals surface area contributed by atoms with Gasteiger partial charge in [-0.1, -0.05) is 64.1 Å². The Balaban J connectivity index is 2.86. The molecule has 0 aliphatic carbocycles. The van der Waals surface area contributed by atoms with E-state index in [1.807, 2.05) is 26.0 Å². The third kappa shape index (κ3) is 4.82. The molecule has 0 spiro atoms. The first-order valence-electron chi connectivity index (χ1n) is 4.57. The topological polar surface area (TPSA) is 0 Å². The second-order valence-corrected chi connectivity index (χ2v) is 6.75. The Bertz CT molecular complexity index is 321. The van der Waals surface area contributed by atoms with E-state index in [0.717, 1.165) is 5.56 Å². The van der Waals surface area contributed by atoms with Gasteiger partial charge in [-0.25, -0.2) is 0 Å². The summed E-state index contributed by atoms with van der Waals surface area (Å²) in [7, 11) is 0. The zero-order chi connectivity index (χ0) is 11.6. The van der Waals surface area contributed by atoms with Gasteiger partial charge in [0.2, 0.25) is 0 Å². The maximum Gasteiger partial charge on any atom is 0.192 e. The van der Waals surface area contributed by atoms with Crippen molar-refractivity contribution in [2.75, 3.05) is 0 Å². The highest BCUT2D eigenvalue weighted by atomic mass is 35.6. The molecule has 1 atom stereocenters. The van der Waals surface area contributed by atoms with Crippen LogP contribution in [0, 0.1) is 13.8 Å². The van der Waals surface area contributed by atoms with Crippen LogP contribution in [0.3, 0.4) is 0 Å². The Kier molecular flexibility index (Phi) is 4.61. The zero-order valence-electron chi connectivity index (χ0n) is 8.53. The molecular weight excluding hydrogens is 274 g/mol. The summed E-state index contributed by atoms with van der Waals surface area (Å²) in [4.78, 5) is 0. The summed E-state index contributed by atoms with van der Waals surface area (Å²) in [6.45, 7) is 4.05. The minimum Gasteiger partial charge on any atom is -0.118 e. The molecule has 1 unspecified atom stereocenters. The quantitative estimate of drug-likeness (QED) is 0.643. The molecule has 0 aromatic heterocycles. The van der Waals surface area contributed by atoms with Crippen LogP contribution in [-0.2, 0) is 0 Å². The summed E-state index contributed by atoms with van der Waals surface area (Å²) in [6, 6.07) is 6.12. The lowest BCUT2D eigenvalue weighted by atomic mass is 10.0. The van der Waals surface area contributed by atoms with Crippen molar-refractivity contribution in [1.82, 2.24) is 0 Å². The lowest BCUT2D eigenvalue weighted by Crippen LogP contribution is -2.06. The molecule has 1 aromatic carbocycles. The first-order valence-corrected chi connectivity index (χ1v) is 6.14. The minimum atomic E-state index is -1.30. The SMILES string of the molecule is Cc1cc(C)cc(C(Cl)CC(Cl)(Cl)Cl)c1. The van der Waals surface area contributed by atoms with Gasteiger partial charge in [0.1, 0.15) is 0 Å². The Labute approximate surface area is 110 Å². The molecule has 15 heavy (non-hydrogen) atoms. The minimum absolute atomic E-state index is 0.268. The number of alkyl halides is 4. The molecule has 0 aliphatic heterocycles. The summed E-state index contributed by atoms with van der Waals surface area (Å²) in [5.74, 6) is 0. The Morgan fingerprint density at radius 2 is 1.53 bits per heavy atom. The van der Waals surface area contributed by atoms with E-state index in [4.69, 9.17) is 46.4 Å². The fourth-order valence-electron chi connectivity index (χ4n) is 1.51. The Morgan fingerprint density at radius 1 is 1.07 bits per heavy atom. The number of hydrogen-bond acceptors (Lipinski definition) is 0. The lowest BCUT2D eigenvalue weighted by Gasteiger charge is -2.16. The van der Waals surface area contributed by atoms with Crippen molar-refractivity contribution < 1.29 is 0 Å². The largest absolute Gasteiger partial charge is 0.192 e. The first kappa shape index (κ1) is 13.4. The average Bonchev–Trinajstić information content (AvgIpc) is 1.98. The van der Waals surface area contributed by atoms with Gasteiger partial charge >= 0.3 is 0 Å². The molecule has 4 heteroatoms. The highest BCUT2D eigenvalue weighted by Crippen LogP contribution is 2.39. The van der Waals surface area contributed by atoms with E-state index in [-0.39, 0.29) is 5.38 Å². The number of rotatable bonds is 2. The van der Waals surface area contributed by atoms with Crippen molar-refractivity contribution in [3.63, 3.8) is 0 Å². The van der Waals surface area contributed by atoms with Crippen molar-refractivity contribution >= 4 is 46.4 Å². The molecule has 0 amide bonds. The standard InChI is InChI=1S/C11H12Cl4/c1-7-3-8(2)5-9(4-7)10(12)6-11(13,14)15/h3-5,10H,6H2,1-2H3. The van der Waals surface area contributed by atoms with Crippen molar-refractivity contribution in [1.29, 1.82) is 0 Å². The van der Waals surface area contributed by atoms with E-state index < -0.39 is 3.79 Å². The molecule has 0 N–H and O–H groups in total. The fraction of sp³-hybridized carbons (Fsp3) is 0.455. The van der Waals surface area contributed by atoms with Crippen LogP contribution in [0.15, 0.2) is 18.2 Å². The van der Waals surface area contributed by atoms with Gasteiger partial charge in [-0.05, 0) is 19.4 Å². The smallest absolute Gasteiger partial charge is 0.118 e. The van der Waals surface area contributed by atoms with E-state index in [2.05, 4.69) is 6.07 Å². The van der Waals surface area contributed by atoms with E-state index >= 15 is 0 Å². The third-order valence-corrected chi connectivity index (χ3v) is 2.89. The molecule has 84 valence electrons. The molecule has 0 nitrogen and oxygen atoms in total. The van der Waals surface area contributed by atoms with Crippen LogP contribution >= 0.6 is 46.4 Å². The number of benzene rings is 1. The summed E-state index contributed by atoms with van der Waals surface area (Å²) in [6.07, 6.45) is 0.308. The maximum atomic E-state index is 6.18.